The van der Waals surface area contributed by atoms with Gasteiger partial charge in [0.25, 0.3) is 5.91 Å². The molecule has 2 amide bonds. The van der Waals surface area contributed by atoms with Crippen LogP contribution in [0.15, 0.2) is 36.4 Å². The average Bonchev–Trinajstić information content (AvgIpc) is 3.30. The Morgan fingerprint density at radius 2 is 1.74 bits per heavy atom. The van der Waals surface area contributed by atoms with Crippen LogP contribution in [-0.2, 0) is 21.2 Å². The molecule has 10 nitrogen and oxygen atoms in total. The zero-order valence-electron chi connectivity index (χ0n) is 26.9. The molecule has 2 aliphatic heterocycles. The summed E-state index contributed by atoms with van der Waals surface area (Å²) >= 11 is 0. The molecule has 2 fully saturated rings. The smallest absolute Gasteiger partial charge is 0.250 e. The van der Waals surface area contributed by atoms with Crippen molar-refractivity contribution in [3.8, 4) is 11.1 Å². The molecule has 3 heterocycles. The fourth-order valence-electron chi connectivity index (χ4n) is 7.46. The Morgan fingerprint density at radius 1 is 1.02 bits per heavy atom. The number of carbonyl (C=O) groups excluding carboxylic acids is 2. The van der Waals surface area contributed by atoms with Crippen molar-refractivity contribution < 1.29 is 22.4 Å². The number of hydrogen-bond acceptors (Lipinski definition) is 7. The van der Waals surface area contributed by atoms with Crippen molar-refractivity contribution in [3.63, 3.8) is 0 Å². The van der Waals surface area contributed by atoms with Gasteiger partial charge >= 0.3 is 0 Å². The van der Waals surface area contributed by atoms with Gasteiger partial charge in [0.1, 0.15) is 5.82 Å². The highest BCUT2D eigenvalue weighted by Gasteiger charge is 2.39. The van der Waals surface area contributed by atoms with Crippen molar-refractivity contribution in [1.82, 2.24) is 19.1 Å². The van der Waals surface area contributed by atoms with E-state index in [0.29, 0.717) is 46.4 Å². The summed E-state index contributed by atoms with van der Waals surface area (Å²) in [5, 5.41) is 7.29. The molecule has 0 unspecified atom stereocenters. The lowest BCUT2D eigenvalue weighted by molar-refractivity contribution is -0.126. The quantitative estimate of drug-likeness (QED) is 0.339. The highest BCUT2D eigenvalue weighted by Crippen LogP contribution is 2.44. The largest absolute Gasteiger partial charge is 0.382 e. The minimum Gasteiger partial charge on any atom is -0.382 e. The first-order valence-corrected chi connectivity index (χ1v) is 17.9. The van der Waals surface area contributed by atoms with Gasteiger partial charge in [0.2, 0.25) is 15.9 Å². The van der Waals surface area contributed by atoms with Crippen LogP contribution in [0.5, 0.6) is 0 Å². The number of nitrogens with one attached hydrogen (secondary N) is 2. The summed E-state index contributed by atoms with van der Waals surface area (Å²) in [6.07, 6.45) is 3.48. The maximum Gasteiger partial charge on any atom is 0.250 e. The van der Waals surface area contributed by atoms with Gasteiger partial charge in [0, 0.05) is 73.6 Å². The Balaban J connectivity index is 1.20. The molecule has 0 atom stereocenters. The monoisotopic (exact) mass is 652 g/mol. The van der Waals surface area contributed by atoms with Gasteiger partial charge in [-0.1, -0.05) is 19.9 Å². The number of hydrogen-bond donors (Lipinski definition) is 3. The van der Waals surface area contributed by atoms with E-state index in [-0.39, 0.29) is 23.6 Å². The molecule has 12 heteroatoms. The van der Waals surface area contributed by atoms with E-state index in [1.165, 1.54) is 16.1 Å². The normalized spacial score (nSPS) is 23.1. The summed E-state index contributed by atoms with van der Waals surface area (Å²) in [5.41, 5.74) is 8.53. The second kappa shape index (κ2) is 12.6. The molecule has 1 saturated carbocycles. The van der Waals surface area contributed by atoms with Crippen molar-refractivity contribution in [2.24, 2.45) is 17.1 Å². The van der Waals surface area contributed by atoms with Crippen LogP contribution in [0, 0.1) is 17.2 Å². The number of primary amides is 1. The zero-order valence-corrected chi connectivity index (χ0v) is 27.8. The molecule has 1 aliphatic carbocycles. The Kier molecular flexibility index (Phi) is 8.90. The fourth-order valence-corrected chi connectivity index (χ4v) is 9.62. The molecule has 1 aromatic heterocycles. The molecular formula is C34H45FN6O4S. The highest BCUT2D eigenvalue weighted by molar-refractivity contribution is 7.90. The van der Waals surface area contributed by atoms with E-state index >= 15 is 0 Å². The molecule has 4 N–H and O–H groups in total. The van der Waals surface area contributed by atoms with Gasteiger partial charge in [0.15, 0.2) is 0 Å². The van der Waals surface area contributed by atoms with E-state index in [2.05, 4.69) is 27.5 Å². The van der Waals surface area contributed by atoms with Gasteiger partial charge in [-0.2, -0.15) is 0 Å². The summed E-state index contributed by atoms with van der Waals surface area (Å²) in [7, 11) is -1.61. The molecule has 3 aromatic rings. The Morgan fingerprint density at radius 3 is 2.43 bits per heavy atom. The Labute approximate surface area is 270 Å². The predicted molar refractivity (Wildman–Crippen MR) is 179 cm³/mol. The van der Waals surface area contributed by atoms with Crippen molar-refractivity contribution in [2.45, 2.75) is 52.0 Å². The first-order chi connectivity index (χ1) is 21.8. The van der Waals surface area contributed by atoms with Gasteiger partial charge in [0.05, 0.1) is 16.8 Å². The number of amides is 2. The second-order valence-corrected chi connectivity index (χ2v) is 15.9. The lowest BCUT2D eigenvalue weighted by Gasteiger charge is -2.33. The molecule has 0 spiro atoms. The number of piperazine rings is 1. The van der Waals surface area contributed by atoms with E-state index in [1.807, 2.05) is 19.9 Å². The van der Waals surface area contributed by atoms with E-state index in [9.17, 15) is 22.4 Å². The van der Waals surface area contributed by atoms with Crippen LogP contribution in [0.1, 0.15) is 55.6 Å². The molecule has 3 aliphatic rings. The Bertz CT molecular complexity index is 1750. The third kappa shape index (κ3) is 6.65. The molecule has 2 aromatic carbocycles. The molecule has 0 bridgehead atoms. The maximum atomic E-state index is 14.4. The van der Waals surface area contributed by atoms with Crippen LogP contribution in [0.4, 0.5) is 10.1 Å². The first kappa shape index (κ1) is 32.5. The number of halogens is 1. The number of benzene rings is 2. The van der Waals surface area contributed by atoms with Gasteiger partial charge < -0.3 is 21.3 Å². The van der Waals surface area contributed by atoms with Gasteiger partial charge in [-0.15, -0.1) is 0 Å². The Hall–Kier alpha value is -3.48. The van der Waals surface area contributed by atoms with Crippen LogP contribution in [0.3, 0.4) is 0 Å². The predicted octanol–water partition coefficient (Wildman–Crippen LogP) is 3.64. The molecular weight excluding hydrogens is 607 g/mol. The number of likely N-dealkylation sites (N-methyl/N-ethyl adjacent to an activating group) is 1. The summed E-state index contributed by atoms with van der Waals surface area (Å²) in [4.78, 5) is 30.1. The van der Waals surface area contributed by atoms with Gasteiger partial charge in [-0.25, -0.2) is 16.8 Å². The summed E-state index contributed by atoms with van der Waals surface area (Å²) in [6.45, 7) is 9.51. The van der Waals surface area contributed by atoms with E-state index in [4.69, 9.17) is 5.73 Å². The lowest BCUT2D eigenvalue weighted by atomic mass is 9.85. The van der Waals surface area contributed by atoms with Crippen molar-refractivity contribution in [2.75, 3.05) is 57.4 Å². The van der Waals surface area contributed by atoms with E-state index in [0.717, 1.165) is 64.0 Å². The van der Waals surface area contributed by atoms with Crippen molar-refractivity contribution in [1.29, 1.82) is 0 Å². The maximum absolute atomic E-state index is 14.4. The minimum atomic E-state index is -3.74. The minimum absolute atomic E-state index is 0.0378. The molecule has 1 saturated heterocycles. The van der Waals surface area contributed by atoms with Crippen molar-refractivity contribution >= 4 is 38.4 Å². The van der Waals surface area contributed by atoms with E-state index < -0.39 is 27.2 Å². The number of rotatable bonds is 8. The summed E-state index contributed by atoms with van der Waals surface area (Å²) in [5.74, 6) is -1.07. The summed E-state index contributed by atoms with van der Waals surface area (Å²) < 4.78 is 42.7. The zero-order chi connectivity index (χ0) is 32.8. The third-order valence-corrected chi connectivity index (χ3v) is 12.0. The van der Waals surface area contributed by atoms with Crippen LogP contribution in [0.2, 0.25) is 0 Å². The molecule has 248 valence electrons. The standard InChI is InChI=1S/C34H45FN6O4S/c1-34(2)20-30-31(27-11-7-24(35)19-29(27)41(30)46(44,45)21-34)23-6-10-26(32(36)42)28(18-23)38-25-8-4-22(5-9-25)33(43)37-12-13-40-16-14-39(3)15-17-40/h6-7,10-11,18-19,22,25,38H,4-5,8-9,12-17,20-21H2,1-3H3,(H2,36,42)(H,37,43). The number of aromatic nitrogens is 1. The number of fused-ring (bicyclic) bond motifs is 3. The van der Waals surface area contributed by atoms with Crippen LogP contribution < -0.4 is 16.4 Å². The molecule has 46 heavy (non-hydrogen) atoms. The van der Waals surface area contributed by atoms with E-state index in [1.54, 1.807) is 18.2 Å². The first-order valence-electron chi connectivity index (χ1n) is 16.3. The number of nitrogens with two attached hydrogens (primary N) is 1. The van der Waals surface area contributed by atoms with Crippen molar-refractivity contribution in [3.05, 3.63) is 53.5 Å². The van der Waals surface area contributed by atoms with Crippen LogP contribution >= 0.6 is 0 Å². The fraction of sp³-hybridized carbons (Fsp3) is 0.529. The third-order valence-electron chi connectivity index (χ3n) is 9.83. The topological polar surface area (TPSA) is 130 Å². The second-order valence-electron chi connectivity index (χ2n) is 14.1. The molecule has 6 rings (SSSR count). The average molecular weight is 653 g/mol. The molecule has 0 radical (unpaired) electrons. The highest BCUT2D eigenvalue weighted by atomic mass is 32.2. The van der Waals surface area contributed by atoms with Crippen LogP contribution in [-0.4, -0.2) is 92.1 Å². The number of nitrogens with zero attached hydrogens (tertiary/aromatic N) is 3. The van der Waals surface area contributed by atoms with Gasteiger partial charge in [-0.05, 0) is 80.5 Å². The number of anilines is 1. The summed E-state index contributed by atoms with van der Waals surface area (Å²) in [6, 6.07) is 9.58. The number of carbonyl (C=O) groups is 2. The SMILES string of the molecule is CN1CCN(CCNC(=O)C2CCC(Nc3cc(-c4c5n(c6cc(F)ccc46)S(=O)(=O)CC(C)(C)C5)ccc3C(N)=O)CC2)CC1. The van der Waals surface area contributed by atoms with Gasteiger partial charge in [-0.3, -0.25) is 14.5 Å². The lowest BCUT2D eigenvalue weighted by Crippen LogP contribution is -2.47. The van der Waals surface area contributed by atoms with Crippen LogP contribution in [0.25, 0.3) is 22.0 Å².